The van der Waals surface area contributed by atoms with Crippen LogP contribution in [0.3, 0.4) is 0 Å². The number of ether oxygens (including phenoxy) is 1. The summed E-state index contributed by atoms with van der Waals surface area (Å²) in [5.41, 5.74) is 2.40. The zero-order valence-corrected chi connectivity index (χ0v) is 10.7. The number of hydrogen-bond donors (Lipinski definition) is 2. The van der Waals surface area contributed by atoms with Crippen LogP contribution in [0, 0.1) is 0 Å². The Labute approximate surface area is 106 Å². The normalized spacial score (nSPS) is 10.6. The number of nitrogens with zero attached hydrogens (tertiary/aromatic N) is 3. The summed E-state index contributed by atoms with van der Waals surface area (Å²) in [6, 6.07) is 0. The largest absolute Gasteiger partial charge is 0.476 e. The van der Waals surface area contributed by atoms with Crippen molar-refractivity contribution in [1.82, 2.24) is 19.9 Å². The number of anilines is 1. The zero-order chi connectivity index (χ0) is 13.0. The van der Waals surface area contributed by atoms with Gasteiger partial charge in [0.25, 0.3) is 0 Å². The molecule has 2 aromatic rings. The maximum absolute atomic E-state index is 5.65. The number of nitrogens with one attached hydrogen (secondary N) is 2. The van der Waals surface area contributed by atoms with Crippen LogP contribution >= 0.6 is 0 Å². The molecule has 2 aromatic heterocycles. The fourth-order valence-corrected chi connectivity index (χ4v) is 1.47. The average molecular weight is 247 g/mol. The van der Waals surface area contributed by atoms with Crippen molar-refractivity contribution in [1.29, 1.82) is 0 Å². The number of rotatable bonds is 6. The van der Waals surface area contributed by atoms with E-state index >= 15 is 0 Å². The fraction of sp³-hybridized carbons (Fsp3) is 0.417. The van der Waals surface area contributed by atoms with Crippen LogP contribution in [0.2, 0.25) is 0 Å². The van der Waals surface area contributed by atoms with E-state index in [2.05, 4.69) is 31.8 Å². The van der Waals surface area contributed by atoms with E-state index in [1.54, 1.807) is 6.33 Å². The molecule has 96 valence electrons. The van der Waals surface area contributed by atoms with Crippen LogP contribution in [0.25, 0.3) is 11.2 Å². The summed E-state index contributed by atoms with van der Waals surface area (Å²) >= 11 is 0. The molecule has 0 saturated heterocycles. The second kappa shape index (κ2) is 5.48. The van der Waals surface area contributed by atoms with Gasteiger partial charge in [0.2, 0.25) is 11.8 Å². The molecule has 0 aliphatic heterocycles. The van der Waals surface area contributed by atoms with Gasteiger partial charge in [-0.25, -0.2) is 4.98 Å². The van der Waals surface area contributed by atoms with E-state index in [1.165, 1.54) is 0 Å². The van der Waals surface area contributed by atoms with E-state index in [0.29, 0.717) is 24.1 Å². The molecule has 2 N–H and O–H groups in total. The molecule has 0 spiro atoms. The van der Waals surface area contributed by atoms with E-state index in [4.69, 9.17) is 4.74 Å². The maximum atomic E-state index is 5.65. The van der Waals surface area contributed by atoms with Crippen LogP contribution in [-0.4, -0.2) is 33.1 Å². The average Bonchev–Trinajstić information content (AvgIpc) is 2.77. The van der Waals surface area contributed by atoms with Gasteiger partial charge >= 0.3 is 0 Å². The first-order chi connectivity index (χ1) is 8.70. The molecule has 18 heavy (non-hydrogen) atoms. The van der Waals surface area contributed by atoms with Gasteiger partial charge in [-0.05, 0) is 13.8 Å². The van der Waals surface area contributed by atoms with Crippen molar-refractivity contribution >= 4 is 17.1 Å². The Morgan fingerprint density at radius 1 is 1.50 bits per heavy atom. The number of hydrogen-bond acceptors (Lipinski definition) is 5. The van der Waals surface area contributed by atoms with Crippen LogP contribution in [0.1, 0.15) is 20.3 Å². The molecule has 0 radical (unpaired) electrons. The summed E-state index contributed by atoms with van der Waals surface area (Å²) < 4.78 is 5.65. The molecule has 0 aliphatic rings. The van der Waals surface area contributed by atoms with E-state index in [1.807, 2.05) is 13.8 Å². The number of imidazole rings is 1. The van der Waals surface area contributed by atoms with Gasteiger partial charge < -0.3 is 15.0 Å². The molecule has 6 nitrogen and oxygen atoms in total. The Morgan fingerprint density at radius 2 is 2.33 bits per heavy atom. The third kappa shape index (κ3) is 2.77. The number of H-pyrrole nitrogens is 1. The van der Waals surface area contributed by atoms with Gasteiger partial charge in [-0.2, -0.15) is 9.97 Å². The lowest BCUT2D eigenvalue weighted by molar-refractivity contribution is 0.313. The Balaban J connectivity index is 2.22. The topological polar surface area (TPSA) is 75.7 Å². The molecule has 0 unspecified atom stereocenters. The molecule has 0 saturated carbocycles. The Bertz CT molecular complexity index is 548. The van der Waals surface area contributed by atoms with Gasteiger partial charge in [0, 0.05) is 13.0 Å². The molecule has 0 atom stereocenters. The third-order valence-electron chi connectivity index (χ3n) is 2.35. The summed E-state index contributed by atoms with van der Waals surface area (Å²) in [7, 11) is 0. The van der Waals surface area contributed by atoms with E-state index in [0.717, 1.165) is 24.1 Å². The first-order valence-corrected chi connectivity index (χ1v) is 5.93. The predicted molar refractivity (Wildman–Crippen MR) is 70.8 cm³/mol. The summed E-state index contributed by atoms with van der Waals surface area (Å²) in [5, 5.41) is 3.06. The van der Waals surface area contributed by atoms with Gasteiger partial charge in [0.05, 0.1) is 12.9 Å². The van der Waals surface area contributed by atoms with Crippen LogP contribution < -0.4 is 10.1 Å². The molecule has 0 bridgehead atoms. The number of aromatic nitrogens is 4. The highest BCUT2D eigenvalue weighted by Gasteiger charge is 2.10. The highest BCUT2D eigenvalue weighted by atomic mass is 16.5. The standard InChI is InChI=1S/C12H17N5O/c1-4-13-12-16-10-9(14-7-15-10)11(17-12)18-6-5-8(2)3/h7H,2,4-6H2,1,3H3,(H2,13,14,15,16,17). The van der Waals surface area contributed by atoms with Gasteiger partial charge in [-0.3, -0.25) is 0 Å². The van der Waals surface area contributed by atoms with Crippen molar-refractivity contribution in [2.45, 2.75) is 20.3 Å². The smallest absolute Gasteiger partial charge is 0.245 e. The van der Waals surface area contributed by atoms with Gasteiger partial charge in [-0.1, -0.05) is 5.57 Å². The third-order valence-corrected chi connectivity index (χ3v) is 2.35. The van der Waals surface area contributed by atoms with Crippen molar-refractivity contribution in [2.24, 2.45) is 0 Å². The molecule has 2 rings (SSSR count). The Kier molecular flexibility index (Phi) is 3.76. The molecule has 0 aliphatic carbocycles. The van der Waals surface area contributed by atoms with Gasteiger partial charge in [0.1, 0.15) is 5.52 Å². The highest BCUT2D eigenvalue weighted by molar-refractivity contribution is 5.76. The monoisotopic (exact) mass is 247 g/mol. The molecular formula is C12H17N5O. The first-order valence-electron chi connectivity index (χ1n) is 5.93. The lowest BCUT2D eigenvalue weighted by Gasteiger charge is -2.08. The minimum absolute atomic E-state index is 0.523. The van der Waals surface area contributed by atoms with Gasteiger partial charge in [-0.15, -0.1) is 6.58 Å². The second-order valence-electron chi connectivity index (χ2n) is 4.04. The summed E-state index contributed by atoms with van der Waals surface area (Å²) in [6.07, 6.45) is 2.39. The lowest BCUT2D eigenvalue weighted by atomic mass is 10.3. The van der Waals surface area contributed by atoms with Gasteiger partial charge in [0.15, 0.2) is 5.65 Å². The predicted octanol–water partition coefficient (Wildman–Crippen LogP) is 2.13. The lowest BCUT2D eigenvalue weighted by Crippen LogP contribution is -2.06. The Hall–Kier alpha value is -2.11. The molecular weight excluding hydrogens is 230 g/mol. The van der Waals surface area contributed by atoms with E-state index in [9.17, 15) is 0 Å². The summed E-state index contributed by atoms with van der Waals surface area (Å²) in [6.45, 7) is 9.10. The highest BCUT2D eigenvalue weighted by Crippen LogP contribution is 2.21. The second-order valence-corrected chi connectivity index (χ2v) is 4.04. The quantitative estimate of drug-likeness (QED) is 0.765. The number of aromatic amines is 1. The van der Waals surface area contributed by atoms with Crippen LogP contribution in [0.5, 0.6) is 5.88 Å². The Morgan fingerprint density at radius 3 is 3.06 bits per heavy atom. The van der Waals surface area contributed by atoms with Crippen molar-refractivity contribution in [3.05, 3.63) is 18.5 Å². The molecule has 2 heterocycles. The summed E-state index contributed by atoms with van der Waals surface area (Å²) in [5.74, 6) is 1.05. The van der Waals surface area contributed by atoms with E-state index in [-0.39, 0.29) is 0 Å². The molecule has 6 heteroatoms. The summed E-state index contributed by atoms with van der Waals surface area (Å²) in [4.78, 5) is 15.7. The minimum Gasteiger partial charge on any atom is -0.476 e. The number of fused-ring (bicyclic) bond motifs is 1. The van der Waals surface area contributed by atoms with Crippen molar-refractivity contribution < 1.29 is 4.74 Å². The molecule has 0 fully saturated rings. The molecule has 0 aromatic carbocycles. The first kappa shape index (κ1) is 12.3. The fourth-order valence-electron chi connectivity index (χ4n) is 1.47. The molecule has 0 amide bonds. The maximum Gasteiger partial charge on any atom is 0.245 e. The van der Waals surface area contributed by atoms with Crippen LogP contribution in [0.4, 0.5) is 5.95 Å². The van der Waals surface area contributed by atoms with Crippen molar-refractivity contribution in [2.75, 3.05) is 18.5 Å². The minimum atomic E-state index is 0.523. The van der Waals surface area contributed by atoms with Crippen molar-refractivity contribution in [3.8, 4) is 5.88 Å². The van der Waals surface area contributed by atoms with Crippen LogP contribution in [0.15, 0.2) is 18.5 Å². The van der Waals surface area contributed by atoms with Crippen molar-refractivity contribution in [3.63, 3.8) is 0 Å². The van der Waals surface area contributed by atoms with E-state index < -0.39 is 0 Å². The zero-order valence-electron chi connectivity index (χ0n) is 10.7. The van der Waals surface area contributed by atoms with Crippen LogP contribution in [-0.2, 0) is 0 Å². The SMILES string of the molecule is C=C(C)CCOc1nc(NCC)nc2nc[nH]c12.